The maximum absolute atomic E-state index is 12.2. The lowest BCUT2D eigenvalue weighted by Crippen LogP contribution is -2.37. The molecule has 0 aliphatic rings. The van der Waals surface area contributed by atoms with Crippen LogP contribution in [0.4, 0.5) is 0 Å². The molecule has 0 saturated heterocycles. The molecule has 0 spiro atoms. The van der Waals surface area contributed by atoms with Gasteiger partial charge in [-0.2, -0.15) is 0 Å². The lowest BCUT2D eigenvalue weighted by molar-refractivity contribution is 0.0931. The SMILES string of the molecule is CCCCCOCCCCCNNC(=O)c1ccc(Cc2ncc(C(N)=O)cn2)cc1. The molecular formula is C23H33N5O3. The second kappa shape index (κ2) is 14.2. The molecule has 0 unspecified atom stereocenters. The van der Waals surface area contributed by atoms with E-state index in [1.807, 2.05) is 12.1 Å². The minimum atomic E-state index is -0.553. The van der Waals surface area contributed by atoms with E-state index in [-0.39, 0.29) is 11.5 Å². The zero-order chi connectivity index (χ0) is 22.3. The number of carbonyl (C=O) groups is 2. The van der Waals surface area contributed by atoms with Crippen molar-refractivity contribution in [2.24, 2.45) is 5.73 Å². The molecule has 8 heteroatoms. The van der Waals surface area contributed by atoms with E-state index in [1.165, 1.54) is 25.2 Å². The van der Waals surface area contributed by atoms with Crippen LogP contribution in [-0.4, -0.2) is 41.5 Å². The van der Waals surface area contributed by atoms with Gasteiger partial charge in [0.25, 0.3) is 11.8 Å². The van der Waals surface area contributed by atoms with Gasteiger partial charge in [0.1, 0.15) is 5.82 Å². The van der Waals surface area contributed by atoms with E-state index >= 15 is 0 Å². The van der Waals surface area contributed by atoms with Crippen LogP contribution in [0.15, 0.2) is 36.7 Å². The standard InChI is InChI=1S/C23H33N5O3/c1-2-3-6-13-31-14-7-4-5-12-27-28-23(30)19-10-8-18(9-11-19)15-21-25-16-20(17-26-21)22(24)29/h8-11,16-17,27H,2-7,12-15H2,1H3,(H2,24,29)(H,28,30). The molecule has 2 aromatic rings. The second-order valence-corrected chi connectivity index (χ2v) is 7.39. The van der Waals surface area contributed by atoms with Gasteiger partial charge >= 0.3 is 0 Å². The zero-order valence-corrected chi connectivity index (χ0v) is 18.2. The fourth-order valence-electron chi connectivity index (χ4n) is 2.90. The number of amides is 2. The molecule has 1 aromatic carbocycles. The van der Waals surface area contributed by atoms with Crippen LogP contribution in [0.3, 0.4) is 0 Å². The number of carbonyl (C=O) groups excluding carboxylic acids is 2. The summed E-state index contributed by atoms with van der Waals surface area (Å²) in [5, 5.41) is 0. The number of benzene rings is 1. The van der Waals surface area contributed by atoms with Crippen LogP contribution in [0.1, 0.15) is 77.6 Å². The molecule has 0 aliphatic carbocycles. The Morgan fingerprint density at radius 3 is 2.26 bits per heavy atom. The van der Waals surface area contributed by atoms with Gasteiger partial charge in [0.15, 0.2) is 0 Å². The molecule has 0 atom stereocenters. The quantitative estimate of drug-likeness (QED) is 0.297. The Bertz CT molecular complexity index is 794. The monoisotopic (exact) mass is 427 g/mol. The van der Waals surface area contributed by atoms with Crippen molar-refractivity contribution in [1.82, 2.24) is 20.8 Å². The van der Waals surface area contributed by atoms with E-state index in [0.717, 1.165) is 51.0 Å². The van der Waals surface area contributed by atoms with E-state index in [2.05, 4.69) is 27.7 Å². The van der Waals surface area contributed by atoms with Crippen molar-refractivity contribution >= 4 is 11.8 Å². The van der Waals surface area contributed by atoms with Gasteiger partial charge in [-0.1, -0.05) is 31.9 Å². The Morgan fingerprint density at radius 2 is 1.61 bits per heavy atom. The number of ether oxygens (including phenoxy) is 1. The molecule has 4 N–H and O–H groups in total. The van der Waals surface area contributed by atoms with Gasteiger partial charge in [-0.3, -0.25) is 15.0 Å². The van der Waals surface area contributed by atoms with E-state index in [1.54, 1.807) is 12.1 Å². The molecular weight excluding hydrogens is 394 g/mol. The summed E-state index contributed by atoms with van der Waals surface area (Å²) >= 11 is 0. The third-order valence-corrected chi connectivity index (χ3v) is 4.75. The highest BCUT2D eigenvalue weighted by Crippen LogP contribution is 2.08. The predicted molar refractivity (Wildman–Crippen MR) is 119 cm³/mol. The summed E-state index contributed by atoms with van der Waals surface area (Å²) in [6.07, 6.45) is 10.0. The van der Waals surface area contributed by atoms with Crippen molar-refractivity contribution in [2.75, 3.05) is 19.8 Å². The van der Waals surface area contributed by atoms with E-state index in [4.69, 9.17) is 10.5 Å². The van der Waals surface area contributed by atoms with Gasteiger partial charge < -0.3 is 10.5 Å². The third-order valence-electron chi connectivity index (χ3n) is 4.75. The Morgan fingerprint density at radius 1 is 0.935 bits per heavy atom. The summed E-state index contributed by atoms with van der Waals surface area (Å²) in [7, 11) is 0. The number of nitrogens with one attached hydrogen (secondary N) is 2. The Balaban J connectivity index is 1.60. The number of primary amides is 1. The smallest absolute Gasteiger partial charge is 0.265 e. The van der Waals surface area contributed by atoms with Gasteiger partial charge in [0, 0.05) is 44.1 Å². The van der Waals surface area contributed by atoms with Gasteiger partial charge in [0.05, 0.1) is 5.56 Å². The van der Waals surface area contributed by atoms with Crippen molar-refractivity contribution in [3.05, 3.63) is 59.2 Å². The first-order valence-electron chi connectivity index (χ1n) is 10.9. The summed E-state index contributed by atoms with van der Waals surface area (Å²) < 4.78 is 5.58. The summed E-state index contributed by atoms with van der Waals surface area (Å²) in [6, 6.07) is 7.25. The normalized spacial score (nSPS) is 10.7. The van der Waals surface area contributed by atoms with Crippen LogP contribution in [0, 0.1) is 0 Å². The van der Waals surface area contributed by atoms with Gasteiger partial charge in [-0.15, -0.1) is 0 Å². The number of nitrogens with zero attached hydrogens (tertiary/aromatic N) is 2. The summed E-state index contributed by atoms with van der Waals surface area (Å²) in [6.45, 7) is 4.57. The van der Waals surface area contributed by atoms with Gasteiger partial charge in [0.2, 0.25) is 0 Å². The molecule has 2 rings (SSSR count). The summed E-state index contributed by atoms with van der Waals surface area (Å²) in [5.41, 5.74) is 12.7. The molecule has 0 saturated carbocycles. The molecule has 31 heavy (non-hydrogen) atoms. The summed E-state index contributed by atoms with van der Waals surface area (Å²) in [5.74, 6) is -0.148. The van der Waals surface area contributed by atoms with Crippen LogP contribution in [0.2, 0.25) is 0 Å². The molecule has 168 valence electrons. The Labute approximate surface area is 184 Å². The van der Waals surface area contributed by atoms with Crippen molar-refractivity contribution in [2.45, 2.75) is 51.9 Å². The number of aromatic nitrogens is 2. The van der Waals surface area contributed by atoms with Crippen LogP contribution >= 0.6 is 0 Å². The first-order chi connectivity index (χ1) is 15.1. The maximum Gasteiger partial charge on any atom is 0.265 e. The Kier molecular flexibility index (Phi) is 11.2. The van der Waals surface area contributed by atoms with E-state index in [0.29, 0.717) is 17.8 Å². The lowest BCUT2D eigenvalue weighted by atomic mass is 10.1. The van der Waals surface area contributed by atoms with Crippen molar-refractivity contribution < 1.29 is 14.3 Å². The van der Waals surface area contributed by atoms with Crippen molar-refractivity contribution in [1.29, 1.82) is 0 Å². The zero-order valence-electron chi connectivity index (χ0n) is 18.2. The minimum Gasteiger partial charge on any atom is -0.381 e. The average Bonchev–Trinajstić information content (AvgIpc) is 2.78. The first kappa shape index (κ1) is 24.4. The third kappa shape index (κ3) is 9.67. The number of unbranched alkanes of at least 4 members (excludes halogenated alkanes) is 4. The molecule has 2 amide bonds. The number of hydrogen-bond donors (Lipinski definition) is 3. The molecule has 8 nitrogen and oxygen atoms in total. The first-order valence-corrected chi connectivity index (χ1v) is 10.9. The van der Waals surface area contributed by atoms with Crippen LogP contribution < -0.4 is 16.6 Å². The van der Waals surface area contributed by atoms with Crippen molar-refractivity contribution in [3.8, 4) is 0 Å². The Hall–Kier alpha value is -2.84. The fourth-order valence-corrected chi connectivity index (χ4v) is 2.90. The van der Waals surface area contributed by atoms with Crippen LogP contribution in [-0.2, 0) is 11.2 Å². The highest BCUT2D eigenvalue weighted by molar-refractivity contribution is 5.93. The molecule has 0 fully saturated rings. The largest absolute Gasteiger partial charge is 0.381 e. The fraction of sp³-hybridized carbons (Fsp3) is 0.478. The van der Waals surface area contributed by atoms with Crippen molar-refractivity contribution in [3.63, 3.8) is 0 Å². The molecule has 1 heterocycles. The number of rotatable bonds is 15. The van der Waals surface area contributed by atoms with Crippen LogP contribution in [0.5, 0.6) is 0 Å². The van der Waals surface area contributed by atoms with Crippen LogP contribution in [0.25, 0.3) is 0 Å². The number of nitrogens with two attached hydrogens (primary N) is 1. The molecule has 1 aromatic heterocycles. The minimum absolute atomic E-state index is 0.173. The molecule has 0 bridgehead atoms. The number of hydrogen-bond acceptors (Lipinski definition) is 6. The van der Waals surface area contributed by atoms with Gasteiger partial charge in [-0.05, 0) is 43.4 Å². The number of hydrazine groups is 1. The topological polar surface area (TPSA) is 119 Å². The van der Waals surface area contributed by atoms with E-state index < -0.39 is 5.91 Å². The second-order valence-electron chi connectivity index (χ2n) is 7.39. The van der Waals surface area contributed by atoms with E-state index in [9.17, 15) is 9.59 Å². The maximum atomic E-state index is 12.2. The van der Waals surface area contributed by atoms with Gasteiger partial charge in [-0.25, -0.2) is 15.4 Å². The lowest BCUT2D eigenvalue weighted by Gasteiger charge is -2.08. The predicted octanol–water partition coefficient (Wildman–Crippen LogP) is 2.78. The molecule has 0 aliphatic heterocycles. The average molecular weight is 428 g/mol. The highest BCUT2D eigenvalue weighted by atomic mass is 16.5. The highest BCUT2D eigenvalue weighted by Gasteiger charge is 2.07. The molecule has 0 radical (unpaired) electrons. The summed E-state index contributed by atoms with van der Waals surface area (Å²) in [4.78, 5) is 31.5.